The molecule has 3 rings (SSSR count). The molecule has 2 N–H and O–H groups in total. The van der Waals surface area contributed by atoms with Crippen LogP contribution >= 0.6 is 0 Å². The van der Waals surface area contributed by atoms with Crippen LogP contribution in [-0.4, -0.2) is 31.1 Å². The Morgan fingerprint density at radius 2 is 1.92 bits per heavy atom. The number of hydrogen-bond acceptors (Lipinski definition) is 5. The van der Waals surface area contributed by atoms with Crippen molar-refractivity contribution in [3.8, 4) is 0 Å². The summed E-state index contributed by atoms with van der Waals surface area (Å²) in [5.74, 6) is 0. The first-order valence-corrected chi connectivity index (χ1v) is 9.95. The van der Waals surface area contributed by atoms with Gasteiger partial charge in [0.2, 0.25) is 0 Å². The van der Waals surface area contributed by atoms with Gasteiger partial charge in [0, 0.05) is 41.2 Å². The number of aromatic nitrogens is 1. The third-order valence-electron chi connectivity index (χ3n) is 4.29. The van der Waals surface area contributed by atoms with E-state index in [9.17, 15) is 18.5 Å². The fraction of sp³-hybridized carbons (Fsp3) is 0.222. The van der Waals surface area contributed by atoms with Gasteiger partial charge in [-0.3, -0.25) is 10.1 Å². The van der Waals surface area contributed by atoms with Crippen LogP contribution in [0.1, 0.15) is 11.3 Å². The Morgan fingerprint density at radius 3 is 2.62 bits per heavy atom. The van der Waals surface area contributed by atoms with Crippen molar-refractivity contribution in [1.29, 1.82) is 0 Å². The van der Waals surface area contributed by atoms with Gasteiger partial charge in [-0.05, 0) is 37.1 Å². The van der Waals surface area contributed by atoms with E-state index in [4.69, 9.17) is 0 Å². The summed E-state index contributed by atoms with van der Waals surface area (Å²) in [6.45, 7) is 2.59. The first-order valence-electron chi connectivity index (χ1n) is 8.06. The average molecular weight is 373 g/mol. The molecular weight excluding hydrogens is 354 g/mol. The number of nitro groups is 1. The second-order valence-electron chi connectivity index (χ2n) is 6.16. The minimum absolute atomic E-state index is 0.282. The summed E-state index contributed by atoms with van der Waals surface area (Å²) in [7, 11) is -3.69. The molecule has 0 bridgehead atoms. The lowest BCUT2D eigenvalue weighted by molar-refractivity contribution is -0.387. The van der Waals surface area contributed by atoms with Crippen molar-refractivity contribution in [2.75, 3.05) is 18.1 Å². The molecule has 1 aromatic heterocycles. The Hall–Kier alpha value is -2.87. The van der Waals surface area contributed by atoms with E-state index in [-0.39, 0.29) is 4.90 Å². The van der Waals surface area contributed by atoms with Crippen molar-refractivity contribution in [3.63, 3.8) is 0 Å². The van der Waals surface area contributed by atoms with Crippen molar-refractivity contribution in [3.05, 3.63) is 63.8 Å². The van der Waals surface area contributed by atoms with Crippen LogP contribution in [-0.2, 0) is 16.3 Å². The predicted molar refractivity (Wildman–Crippen MR) is 101 cm³/mol. The molecule has 0 saturated carbocycles. The summed E-state index contributed by atoms with van der Waals surface area (Å²) in [6, 6.07) is 12.1. The van der Waals surface area contributed by atoms with Gasteiger partial charge in [-0.15, -0.1) is 0 Å². The summed E-state index contributed by atoms with van der Waals surface area (Å²) < 4.78 is 23.7. The number of fused-ring (bicyclic) bond motifs is 1. The monoisotopic (exact) mass is 373 g/mol. The number of nitrogens with one attached hydrogen (secondary N) is 2. The molecule has 1 heterocycles. The zero-order chi connectivity index (χ0) is 18.9. The summed E-state index contributed by atoms with van der Waals surface area (Å²) in [6.07, 6.45) is 1.70. The topological polar surface area (TPSA) is 105 Å². The van der Waals surface area contributed by atoms with Crippen molar-refractivity contribution >= 4 is 32.1 Å². The Labute approximate surface area is 151 Å². The summed E-state index contributed by atoms with van der Waals surface area (Å²) in [5.41, 5.74) is 3.49. The molecule has 0 saturated heterocycles. The Morgan fingerprint density at radius 1 is 1.19 bits per heavy atom. The highest BCUT2D eigenvalue weighted by Crippen LogP contribution is 2.27. The van der Waals surface area contributed by atoms with Crippen LogP contribution in [0.4, 0.5) is 11.4 Å². The first kappa shape index (κ1) is 17.9. The van der Waals surface area contributed by atoms with Gasteiger partial charge >= 0.3 is 0 Å². The van der Waals surface area contributed by atoms with Crippen LogP contribution < -0.4 is 5.32 Å². The Kier molecular flexibility index (Phi) is 4.69. The lowest BCUT2D eigenvalue weighted by atomic mass is 10.1. The second-order valence-corrected chi connectivity index (χ2v) is 8.15. The first-order chi connectivity index (χ1) is 12.3. The van der Waals surface area contributed by atoms with E-state index in [0.717, 1.165) is 29.3 Å². The lowest BCUT2D eigenvalue weighted by Gasteiger charge is -2.09. The Bertz CT molecular complexity index is 1090. The molecule has 0 spiro atoms. The van der Waals surface area contributed by atoms with Crippen molar-refractivity contribution in [2.45, 2.75) is 18.2 Å². The van der Waals surface area contributed by atoms with Gasteiger partial charge in [-0.25, -0.2) is 8.42 Å². The molecule has 0 amide bonds. The van der Waals surface area contributed by atoms with Crippen molar-refractivity contribution in [1.82, 2.24) is 4.98 Å². The van der Waals surface area contributed by atoms with Crippen LogP contribution in [0.15, 0.2) is 47.4 Å². The number of anilines is 1. The van der Waals surface area contributed by atoms with Crippen LogP contribution in [0.25, 0.3) is 10.9 Å². The number of aryl methyl sites for hydroxylation is 1. The molecule has 136 valence electrons. The Balaban J connectivity index is 1.80. The molecule has 0 atom stereocenters. The maximum Gasteiger partial charge on any atom is 0.288 e. The number of sulfone groups is 1. The second kappa shape index (κ2) is 6.80. The SMILES string of the molecule is Cc1[nH]c2ccccc2c1CCNc1ccc([N+](=O)[O-])c(S(C)(=O)=O)c1. The van der Waals surface area contributed by atoms with Crippen LogP contribution in [0.3, 0.4) is 0 Å². The van der Waals surface area contributed by atoms with Crippen molar-refractivity contribution in [2.24, 2.45) is 0 Å². The molecule has 0 unspecified atom stereocenters. The largest absolute Gasteiger partial charge is 0.385 e. The normalized spacial score (nSPS) is 11.6. The van der Waals surface area contributed by atoms with Gasteiger partial charge in [-0.1, -0.05) is 18.2 Å². The molecule has 26 heavy (non-hydrogen) atoms. The number of nitro benzene ring substituents is 1. The lowest BCUT2D eigenvalue weighted by Crippen LogP contribution is -2.08. The zero-order valence-corrected chi connectivity index (χ0v) is 15.3. The maximum absolute atomic E-state index is 11.8. The third kappa shape index (κ3) is 3.55. The van der Waals surface area contributed by atoms with Gasteiger partial charge < -0.3 is 10.3 Å². The number of rotatable bonds is 6. The van der Waals surface area contributed by atoms with Gasteiger partial charge in [0.05, 0.1) is 4.92 Å². The van der Waals surface area contributed by atoms with E-state index in [0.29, 0.717) is 12.2 Å². The summed E-state index contributed by atoms with van der Waals surface area (Å²) in [4.78, 5) is 13.4. The van der Waals surface area contributed by atoms with Crippen LogP contribution in [0.5, 0.6) is 0 Å². The van der Waals surface area contributed by atoms with E-state index in [1.165, 1.54) is 23.8 Å². The molecule has 3 aromatic rings. The number of hydrogen-bond donors (Lipinski definition) is 2. The molecule has 7 nitrogen and oxygen atoms in total. The molecule has 0 aliphatic carbocycles. The minimum atomic E-state index is -3.69. The minimum Gasteiger partial charge on any atom is -0.385 e. The number of benzene rings is 2. The summed E-state index contributed by atoms with van der Waals surface area (Å²) >= 11 is 0. The van der Waals surface area contributed by atoms with Gasteiger partial charge in [0.15, 0.2) is 9.84 Å². The molecule has 0 aliphatic rings. The molecule has 2 aromatic carbocycles. The van der Waals surface area contributed by atoms with E-state index >= 15 is 0 Å². The van der Waals surface area contributed by atoms with E-state index in [1.54, 1.807) is 0 Å². The van der Waals surface area contributed by atoms with E-state index in [2.05, 4.69) is 16.4 Å². The molecule has 0 radical (unpaired) electrons. The van der Waals surface area contributed by atoms with E-state index < -0.39 is 20.4 Å². The number of para-hydroxylation sites is 1. The zero-order valence-electron chi connectivity index (χ0n) is 14.4. The van der Waals surface area contributed by atoms with Gasteiger partial charge in [0.1, 0.15) is 4.90 Å². The van der Waals surface area contributed by atoms with E-state index in [1.807, 2.05) is 25.1 Å². The van der Waals surface area contributed by atoms with Gasteiger partial charge in [-0.2, -0.15) is 0 Å². The highest BCUT2D eigenvalue weighted by atomic mass is 32.2. The van der Waals surface area contributed by atoms with Gasteiger partial charge in [0.25, 0.3) is 5.69 Å². The predicted octanol–water partition coefficient (Wildman–Crippen LogP) is 3.44. The van der Waals surface area contributed by atoms with Crippen molar-refractivity contribution < 1.29 is 13.3 Å². The third-order valence-corrected chi connectivity index (χ3v) is 5.41. The smallest absolute Gasteiger partial charge is 0.288 e. The number of aromatic amines is 1. The standard InChI is InChI=1S/C18H19N3O4S/c1-12-14(15-5-3-4-6-16(15)20-12)9-10-19-13-7-8-17(21(22)23)18(11-13)26(2,24)25/h3-8,11,19-20H,9-10H2,1-2H3. The average Bonchev–Trinajstić information content (AvgIpc) is 2.89. The molecule has 0 aliphatic heterocycles. The fourth-order valence-corrected chi connectivity index (χ4v) is 3.92. The molecule has 0 fully saturated rings. The number of nitrogens with zero attached hydrogens (tertiary/aromatic N) is 1. The molecular formula is C18H19N3O4S. The number of H-pyrrole nitrogens is 1. The highest BCUT2D eigenvalue weighted by molar-refractivity contribution is 7.90. The quantitative estimate of drug-likeness (QED) is 0.509. The maximum atomic E-state index is 11.8. The highest BCUT2D eigenvalue weighted by Gasteiger charge is 2.22. The molecule has 8 heteroatoms. The van der Waals surface area contributed by atoms with Crippen LogP contribution in [0, 0.1) is 17.0 Å². The van der Waals surface area contributed by atoms with Crippen LogP contribution in [0.2, 0.25) is 0 Å². The summed E-state index contributed by atoms with van der Waals surface area (Å²) in [5, 5.41) is 15.3. The fourth-order valence-electron chi connectivity index (χ4n) is 3.06.